The van der Waals surface area contributed by atoms with Crippen molar-refractivity contribution in [3.63, 3.8) is 0 Å². The normalized spacial score (nSPS) is 19.8. The molecule has 1 unspecified atom stereocenters. The Bertz CT molecular complexity index is 419. The number of aryl methyl sites for hydroxylation is 1. The molecule has 17 heavy (non-hydrogen) atoms. The van der Waals surface area contributed by atoms with Crippen LogP contribution in [-0.2, 0) is 11.3 Å². The molecule has 0 bridgehead atoms. The standard InChI is InChI=1S/C13H18ClNO2/c1-9-5-12(13(16)6-14)10(2)15(9)7-11-3-4-17-8-11/h5,11H,3-4,6-8H2,1-2H3. The molecule has 1 aliphatic rings. The van der Waals surface area contributed by atoms with E-state index in [4.69, 9.17) is 16.3 Å². The van der Waals surface area contributed by atoms with Crippen LogP contribution in [0, 0.1) is 19.8 Å². The molecule has 1 aliphatic heterocycles. The number of halogens is 1. The van der Waals surface area contributed by atoms with Crippen molar-refractivity contribution in [3.05, 3.63) is 23.0 Å². The van der Waals surface area contributed by atoms with Crippen molar-refractivity contribution in [1.82, 2.24) is 4.57 Å². The number of alkyl halides is 1. The SMILES string of the molecule is Cc1cc(C(=O)CCl)c(C)n1CC1CCOC1. The second-order valence-electron chi connectivity index (χ2n) is 4.68. The van der Waals surface area contributed by atoms with Crippen molar-refractivity contribution >= 4 is 17.4 Å². The Labute approximate surface area is 107 Å². The van der Waals surface area contributed by atoms with Gasteiger partial charge in [0.15, 0.2) is 5.78 Å². The molecule has 1 aromatic rings. The van der Waals surface area contributed by atoms with Crippen LogP contribution < -0.4 is 0 Å². The molecule has 2 heterocycles. The van der Waals surface area contributed by atoms with E-state index in [0.29, 0.717) is 5.92 Å². The second-order valence-corrected chi connectivity index (χ2v) is 4.95. The predicted molar refractivity (Wildman–Crippen MR) is 67.9 cm³/mol. The first kappa shape index (κ1) is 12.7. The molecule has 94 valence electrons. The van der Waals surface area contributed by atoms with Crippen LogP contribution in [0.3, 0.4) is 0 Å². The lowest BCUT2D eigenvalue weighted by Crippen LogP contribution is -2.13. The minimum Gasteiger partial charge on any atom is -0.381 e. The quantitative estimate of drug-likeness (QED) is 0.612. The van der Waals surface area contributed by atoms with Crippen LogP contribution in [-0.4, -0.2) is 29.4 Å². The fourth-order valence-corrected chi connectivity index (χ4v) is 2.57. The Hall–Kier alpha value is -0.800. The van der Waals surface area contributed by atoms with E-state index in [0.717, 1.165) is 43.1 Å². The topological polar surface area (TPSA) is 31.2 Å². The van der Waals surface area contributed by atoms with Gasteiger partial charge in [-0.1, -0.05) is 0 Å². The number of Topliss-reactive ketones (excluding diaryl/α,β-unsaturated/α-hetero) is 1. The van der Waals surface area contributed by atoms with Crippen molar-refractivity contribution in [1.29, 1.82) is 0 Å². The van der Waals surface area contributed by atoms with Gasteiger partial charge >= 0.3 is 0 Å². The Morgan fingerprint density at radius 2 is 2.35 bits per heavy atom. The Kier molecular flexibility index (Phi) is 3.89. The van der Waals surface area contributed by atoms with E-state index in [-0.39, 0.29) is 11.7 Å². The number of aromatic nitrogens is 1. The predicted octanol–water partition coefficient (Wildman–Crippen LogP) is 2.56. The summed E-state index contributed by atoms with van der Waals surface area (Å²) in [5.74, 6) is 0.629. The number of carbonyl (C=O) groups is 1. The van der Waals surface area contributed by atoms with Gasteiger partial charge < -0.3 is 9.30 Å². The molecule has 0 N–H and O–H groups in total. The molecule has 0 amide bonds. The molecule has 1 atom stereocenters. The van der Waals surface area contributed by atoms with Gasteiger partial charge in [0.1, 0.15) is 0 Å². The first-order valence-corrected chi connectivity index (χ1v) is 6.50. The third kappa shape index (κ3) is 2.55. The summed E-state index contributed by atoms with van der Waals surface area (Å²) >= 11 is 5.61. The third-order valence-electron chi connectivity index (χ3n) is 3.46. The lowest BCUT2D eigenvalue weighted by molar-refractivity contribution is 0.102. The van der Waals surface area contributed by atoms with E-state index < -0.39 is 0 Å². The molecule has 0 aliphatic carbocycles. The van der Waals surface area contributed by atoms with Crippen LogP contribution in [0.25, 0.3) is 0 Å². The second kappa shape index (κ2) is 5.23. The lowest BCUT2D eigenvalue weighted by atomic mass is 10.1. The number of hydrogen-bond donors (Lipinski definition) is 0. The average Bonchev–Trinajstić information content (AvgIpc) is 2.91. The molecule has 1 fully saturated rings. The molecule has 0 radical (unpaired) electrons. The molecule has 1 saturated heterocycles. The molecule has 1 aromatic heterocycles. The van der Waals surface area contributed by atoms with Gasteiger partial charge in [-0.15, -0.1) is 11.6 Å². The maximum Gasteiger partial charge on any atom is 0.179 e. The molecule has 4 heteroatoms. The van der Waals surface area contributed by atoms with Crippen LogP contribution in [0.4, 0.5) is 0 Å². The van der Waals surface area contributed by atoms with E-state index in [1.165, 1.54) is 0 Å². The Balaban J connectivity index is 2.21. The van der Waals surface area contributed by atoms with Crippen LogP contribution >= 0.6 is 11.6 Å². The lowest BCUT2D eigenvalue weighted by Gasteiger charge is -2.13. The van der Waals surface area contributed by atoms with Crippen LogP contribution in [0.2, 0.25) is 0 Å². The fraction of sp³-hybridized carbons (Fsp3) is 0.615. The van der Waals surface area contributed by atoms with Crippen molar-refractivity contribution in [2.24, 2.45) is 5.92 Å². The van der Waals surface area contributed by atoms with Gasteiger partial charge in [0, 0.05) is 36.0 Å². The number of carbonyl (C=O) groups excluding carboxylic acids is 1. The van der Waals surface area contributed by atoms with E-state index in [1.54, 1.807) is 0 Å². The van der Waals surface area contributed by atoms with Crippen molar-refractivity contribution in [2.45, 2.75) is 26.8 Å². The smallest absolute Gasteiger partial charge is 0.179 e. The van der Waals surface area contributed by atoms with Gasteiger partial charge in [-0.05, 0) is 26.3 Å². The third-order valence-corrected chi connectivity index (χ3v) is 3.70. The zero-order valence-electron chi connectivity index (χ0n) is 10.3. The number of nitrogens with zero attached hydrogens (tertiary/aromatic N) is 1. The van der Waals surface area contributed by atoms with Crippen LogP contribution in [0.1, 0.15) is 28.2 Å². The number of ether oxygens (including phenoxy) is 1. The molecular formula is C13H18ClNO2. The Morgan fingerprint density at radius 3 is 2.94 bits per heavy atom. The number of hydrogen-bond acceptors (Lipinski definition) is 2. The van der Waals surface area contributed by atoms with Crippen LogP contribution in [0.5, 0.6) is 0 Å². The number of ketones is 1. The zero-order chi connectivity index (χ0) is 12.4. The van der Waals surface area contributed by atoms with Crippen molar-refractivity contribution < 1.29 is 9.53 Å². The monoisotopic (exact) mass is 255 g/mol. The largest absolute Gasteiger partial charge is 0.381 e. The zero-order valence-corrected chi connectivity index (χ0v) is 11.1. The summed E-state index contributed by atoms with van der Waals surface area (Å²) < 4.78 is 7.59. The number of rotatable bonds is 4. The molecule has 3 nitrogen and oxygen atoms in total. The highest BCUT2D eigenvalue weighted by atomic mass is 35.5. The van der Waals surface area contributed by atoms with E-state index in [9.17, 15) is 4.79 Å². The van der Waals surface area contributed by atoms with Gasteiger partial charge in [-0.2, -0.15) is 0 Å². The maximum atomic E-state index is 11.7. The molecule has 0 aromatic carbocycles. The van der Waals surface area contributed by atoms with Gasteiger partial charge in [0.25, 0.3) is 0 Å². The summed E-state index contributed by atoms with van der Waals surface area (Å²) in [6, 6.07) is 1.94. The highest BCUT2D eigenvalue weighted by Crippen LogP contribution is 2.21. The van der Waals surface area contributed by atoms with Gasteiger partial charge in [-0.3, -0.25) is 4.79 Å². The van der Waals surface area contributed by atoms with Gasteiger partial charge in [0.05, 0.1) is 12.5 Å². The summed E-state index contributed by atoms with van der Waals surface area (Å²) in [4.78, 5) is 11.7. The first-order chi connectivity index (χ1) is 8.13. The summed E-state index contributed by atoms with van der Waals surface area (Å²) in [6.07, 6.45) is 1.11. The Morgan fingerprint density at radius 1 is 1.59 bits per heavy atom. The summed E-state index contributed by atoms with van der Waals surface area (Å²) in [5.41, 5.74) is 2.92. The molecule has 2 rings (SSSR count). The maximum absolute atomic E-state index is 11.7. The van der Waals surface area contributed by atoms with Crippen molar-refractivity contribution in [3.8, 4) is 0 Å². The van der Waals surface area contributed by atoms with Gasteiger partial charge in [0.2, 0.25) is 0 Å². The van der Waals surface area contributed by atoms with E-state index >= 15 is 0 Å². The molecular weight excluding hydrogens is 238 g/mol. The van der Waals surface area contributed by atoms with Crippen molar-refractivity contribution in [2.75, 3.05) is 19.1 Å². The fourth-order valence-electron chi connectivity index (χ4n) is 2.42. The van der Waals surface area contributed by atoms with Gasteiger partial charge in [-0.25, -0.2) is 0 Å². The van der Waals surface area contributed by atoms with Crippen LogP contribution in [0.15, 0.2) is 6.07 Å². The molecule has 0 spiro atoms. The minimum atomic E-state index is 0.00805. The minimum absolute atomic E-state index is 0.00805. The first-order valence-electron chi connectivity index (χ1n) is 5.97. The summed E-state index contributed by atoms with van der Waals surface area (Å²) in [5, 5.41) is 0. The average molecular weight is 256 g/mol. The van der Waals surface area contributed by atoms with E-state index in [1.807, 2.05) is 19.9 Å². The molecule has 0 saturated carbocycles. The summed E-state index contributed by atoms with van der Waals surface area (Å²) in [6.45, 7) is 6.65. The highest BCUT2D eigenvalue weighted by Gasteiger charge is 2.20. The highest BCUT2D eigenvalue weighted by molar-refractivity contribution is 6.30. The summed E-state index contributed by atoms with van der Waals surface area (Å²) in [7, 11) is 0. The van der Waals surface area contributed by atoms with E-state index in [2.05, 4.69) is 4.57 Å².